The zero-order valence-corrected chi connectivity index (χ0v) is 15.7. The molecule has 0 aromatic heterocycles. The molecule has 2 rings (SSSR count). The van der Waals surface area contributed by atoms with Crippen molar-refractivity contribution in [2.45, 2.75) is 26.7 Å². The Balaban J connectivity index is 2.02. The Morgan fingerprint density at radius 2 is 1.20 bits per heavy atom. The molecule has 2 aromatic rings. The molecule has 4 nitrogen and oxygen atoms in total. The minimum Gasteiger partial charge on any atom is -0.504 e. The lowest BCUT2D eigenvalue weighted by atomic mass is 9.85. The van der Waals surface area contributed by atoms with Gasteiger partial charge in [-0.05, 0) is 60.1 Å². The zero-order valence-electron chi connectivity index (χ0n) is 15.7. The number of hydrogen-bond acceptors (Lipinski definition) is 4. The van der Waals surface area contributed by atoms with Gasteiger partial charge in [-0.25, -0.2) is 0 Å². The molecule has 4 heteroatoms. The van der Waals surface area contributed by atoms with Crippen LogP contribution in [0.15, 0.2) is 36.4 Å². The van der Waals surface area contributed by atoms with Crippen LogP contribution >= 0.6 is 0 Å². The average molecular weight is 344 g/mol. The highest BCUT2D eigenvalue weighted by Crippen LogP contribution is 2.31. The van der Waals surface area contributed by atoms with Gasteiger partial charge in [0.2, 0.25) is 0 Å². The van der Waals surface area contributed by atoms with E-state index in [-0.39, 0.29) is 5.75 Å². The van der Waals surface area contributed by atoms with Gasteiger partial charge in [0.25, 0.3) is 0 Å². The molecule has 0 spiro atoms. The molecule has 0 aliphatic rings. The van der Waals surface area contributed by atoms with Gasteiger partial charge < -0.3 is 19.3 Å². The lowest BCUT2D eigenvalue weighted by Crippen LogP contribution is -2.13. The standard InChI is InChI=1S/C21H28O4/c1-14(10-16-6-8-19(23-3)18(22)12-16)15(2)11-17-7-9-20(24-4)21(13-17)25-5/h6-9,12-15,22H,10-11H2,1-5H3/t14-,15+/m1/s1. The van der Waals surface area contributed by atoms with Crippen LogP contribution in [0.5, 0.6) is 23.0 Å². The minimum atomic E-state index is 0.194. The smallest absolute Gasteiger partial charge is 0.160 e. The molecular formula is C21H28O4. The van der Waals surface area contributed by atoms with E-state index in [1.807, 2.05) is 24.3 Å². The summed E-state index contributed by atoms with van der Waals surface area (Å²) in [6, 6.07) is 11.7. The molecule has 1 N–H and O–H groups in total. The van der Waals surface area contributed by atoms with Crippen molar-refractivity contribution >= 4 is 0 Å². The van der Waals surface area contributed by atoms with Crippen molar-refractivity contribution in [1.82, 2.24) is 0 Å². The van der Waals surface area contributed by atoms with E-state index in [0.717, 1.165) is 29.9 Å². The van der Waals surface area contributed by atoms with Crippen molar-refractivity contribution in [3.05, 3.63) is 47.5 Å². The normalized spacial score (nSPS) is 13.2. The molecule has 0 saturated carbocycles. The maximum absolute atomic E-state index is 9.93. The maximum Gasteiger partial charge on any atom is 0.160 e. The Kier molecular flexibility index (Phi) is 6.57. The fourth-order valence-corrected chi connectivity index (χ4v) is 3.02. The number of ether oxygens (including phenoxy) is 3. The number of phenolic OH excluding ortho intramolecular Hbond substituents is 1. The van der Waals surface area contributed by atoms with Gasteiger partial charge in [-0.3, -0.25) is 0 Å². The van der Waals surface area contributed by atoms with E-state index < -0.39 is 0 Å². The first-order valence-electron chi connectivity index (χ1n) is 8.55. The fourth-order valence-electron chi connectivity index (χ4n) is 3.02. The molecule has 0 unspecified atom stereocenters. The van der Waals surface area contributed by atoms with Crippen LogP contribution in [0.25, 0.3) is 0 Å². The third-order valence-electron chi connectivity index (χ3n) is 4.78. The third kappa shape index (κ3) is 4.81. The van der Waals surface area contributed by atoms with Crippen molar-refractivity contribution in [2.75, 3.05) is 21.3 Å². The van der Waals surface area contributed by atoms with Crippen LogP contribution in [0.3, 0.4) is 0 Å². The second-order valence-corrected chi connectivity index (χ2v) is 6.56. The van der Waals surface area contributed by atoms with Gasteiger partial charge in [0.1, 0.15) is 0 Å². The highest BCUT2D eigenvalue weighted by molar-refractivity contribution is 5.43. The van der Waals surface area contributed by atoms with Crippen molar-refractivity contribution in [2.24, 2.45) is 11.8 Å². The lowest BCUT2D eigenvalue weighted by molar-refractivity contribution is 0.352. The van der Waals surface area contributed by atoms with Crippen LogP contribution in [0.1, 0.15) is 25.0 Å². The highest BCUT2D eigenvalue weighted by atomic mass is 16.5. The summed E-state index contributed by atoms with van der Waals surface area (Å²) < 4.78 is 15.8. The molecule has 0 saturated heterocycles. The molecule has 0 aliphatic carbocycles. The van der Waals surface area contributed by atoms with Crippen LogP contribution in [0.2, 0.25) is 0 Å². The van der Waals surface area contributed by atoms with E-state index >= 15 is 0 Å². The van der Waals surface area contributed by atoms with E-state index in [0.29, 0.717) is 17.6 Å². The number of hydrogen-bond donors (Lipinski definition) is 1. The second-order valence-electron chi connectivity index (χ2n) is 6.56. The molecule has 136 valence electrons. The molecular weight excluding hydrogens is 316 g/mol. The number of methoxy groups -OCH3 is 3. The quantitative estimate of drug-likeness (QED) is 0.767. The van der Waals surface area contributed by atoms with Crippen molar-refractivity contribution in [3.63, 3.8) is 0 Å². The van der Waals surface area contributed by atoms with Gasteiger partial charge in [0.05, 0.1) is 21.3 Å². The topological polar surface area (TPSA) is 47.9 Å². The summed E-state index contributed by atoms with van der Waals surface area (Å²) in [7, 11) is 4.86. The van der Waals surface area contributed by atoms with E-state index in [1.54, 1.807) is 27.4 Å². The van der Waals surface area contributed by atoms with Crippen molar-refractivity contribution in [1.29, 1.82) is 0 Å². The van der Waals surface area contributed by atoms with E-state index in [2.05, 4.69) is 19.9 Å². The minimum absolute atomic E-state index is 0.194. The Morgan fingerprint density at radius 1 is 0.720 bits per heavy atom. The monoisotopic (exact) mass is 344 g/mol. The Hall–Kier alpha value is -2.36. The van der Waals surface area contributed by atoms with Gasteiger partial charge in [-0.2, -0.15) is 0 Å². The predicted molar refractivity (Wildman–Crippen MR) is 99.9 cm³/mol. The molecule has 2 atom stereocenters. The fraction of sp³-hybridized carbons (Fsp3) is 0.429. The number of benzene rings is 2. The Morgan fingerprint density at radius 3 is 1.68 bits per heavy atom. The first-order valence-corrected chi connectivity index (χ1v) is 8.55. The van der Waals surface area contributed by atoms with Crippen molar-refractivity contribution < 1.29 is 19.3 Å². The van der Waals surface area contributed by atoms with E-state index in [9.17, 15) is 5.11 Å². The summed E-state index contributed by atoms with van der Waals surface area (Å²) in [4.78, 5) is 0. The molecule has 0 fully saturated rings. The number of rotatable bonds is 8. The first-order chi connectivity index (χ1) is 12.0. The van der Waals surface area contributed by atoms with Crippen LogP contribution < -0.4 is 14.2 Å². The first kappa shape index (κ1) is 19.0. The van der Waals surface area contributed by atoms with E-state index in [4.69, 9.17) is 14.2 Å². The second kappa shape index (κ2) is 8.65. The highest BCUT2D eigenvalue weighted by Gasteiger charge is 2.16. The molecule has 0 radical (unpaired) electrons. The molecule has 0 amide bonds. The number of phenols is 1. The number of aromatic hydroxyl groups is 1. The molecule has 25 heavy (non-hydrogen) atoms. The summed E-state index contributed by atoms with van der Waals surface area (Å²) in [6.07, 6.45) is 1.87. The lowest BCUT2D eigenvalue weighted by Gasteiger charge is -2.21. The van der Waals surface area contributed by atoms with Gasteiger partial charge in [-0.1, -0.05) is 26.0 Å². The van der Waals surface area contributed by atoms with Gasteiger partial charge in [0.15, 0.2) is 23.0 Å². The molecule has 0 bridgehead atoms. The Labute approximate surface area is 150 Å². The summed E-state index contributed by atoms with van der Waals surface area (Å²) in [5.74, 6) is 3.18. The SMILES string of the molecule is COc1ccc(C[C@@H](C)[C@@H](C)Cc2ccc(OC)c(OC)c2)cc1O. The maximum atomic E-state index is 9.93. The largest absolute Gasteiger partial charge is 0.504 e. The summed E-state index contributed by atoms with van der Waals surface area (Å²) >= 11 is 0. The van der Waals surface area contributed by atoms with Crippen LogP contribution in [0, 0.1) is 11.8 Å². The molecule has 2 aromatic carbocycles. The van der Waals surface area contributed by atoms with Gasteiger partial charge in [-0.15, -0.1) is 0 Å². The van der Waals surface area contributed by atoms with Crippen LogP contribution in [-0.2, 0) is 12.8 Å². The summed E-state index contributed by atoms with van der Waals surface area (Å²) in [5, 5.41) is 9.93. The van der Waals surface area contributed by atoms with E-state index in [1.165, 1.54) is 5.56 Å². The van der Waals surface area contributed by atoms with Crippen LogP contribution in [0.4, 0.5) is 0 Å². The molecule has 0 aliphatic heterocycles. The zero-order chi connectivity index (χ0) is 18.4. The van der Waals surface area contributed by atoms with Gasteiger partial charge >= 0.3 is 0 Å². The van der Waals surface area contributed by atoms with Crippen LogP contribution in [-0.4, -0.2) is 26.4 Å². The third-order valence-corrected chi connectivity index (χ3v) is 4.78. The summed E-state index contributed by atoms with van der Waals surface area (Å²) in [6.45, 7) is 4.50. The Bertz CT molecular complexity index is 696. The van der Waals surface area contributed by atoms with Gasteiger partial charge in [0, 0.05) is 0 Å². The average Bonchev–Trinajstić information content (AvgIpc) is 2.61. The van der Waals surface area contributed by atoms with Crippen molar-refractivity contribution in [3.8, 4) is 23.0 Å². The molecule has 0 heterocycles. The summed E-state index contributed by atoms with van der Waals surface area (Å²) in [5.41, 5.74) is 2.35. The predicted octanol–water partition coefficient (Wildman–Crippen LogP) is 4.48.